The summed E-state index contributed by atoms with van der Waals surface area (Å²) in [5.74, 6) is -0.170. The predicted molar refractivity (Wildman–Crippen MR) is 110 cm³/mol. The lowest BCUT2D eigenvalue weighted by molar-refractivity contribution is -0.119. The van der Waals surface area contributed by atoms with E-state index in [0.717, 1.165) is 35.9 Å². The molecule has 27 heavy (non-hydrogen) atoms. The third-order valence-corrected chi connectivity index (χ3v) is 6.12. The molecule has 0 fully saturated rings. The van der Waals surface area contributed by atoms with Crippen LogP contribution in [-0.2, 0) is 21.2 Å². The maximum Gasteiger partial charge on any atom is 0.250 e. The van der Waals surface area contributed by atoms with E-state index in [-0.39, 0.29) is 5.91 Å². The van der Waals surface area contributed by atoms with Crippen LogP contribution in [0.2, 0.25) is 0 Å². The number of hydrogen-bond donors (Lipinski definition) is 0. The molecule has 1 aliphatic rings. The number of hydrogen-bond acceptors (Lipinski definition) is 3. The Bertz CT molecular complexity index is 940. The fourth-order valence-corrected chi connectivity index (χ4v) is 4.95. The van der Waals surface area contributed by atoms with Gasteiger partial charge in [0.2, 0.25) is 10.0 Å². The molecule has 6 heteroatoms. The van der Waals surface area contributed by atoms with Crippen LogP contribution < -0.4 is 9.21 Å². The van der Waals surface area contributed by atoms with Crippen molar-refractivity contribution in [2.24, 2.45) is 0 Å². The van der Waals surface area contributed by atoms with Crippen molar-refractivity contribution in [1.29, 1.82) is 0 Å². The van der Waals surface area contributed by atoms with Gasteiger partial charge in [0.1, 0.15) is 6.04 Å². The standard InChI is InChI=1S/C21H26N2O3S/c1-4-19(23(27(3,25)26)18-12-7-9-16(2)15-18)21(24)22-14-8-11-17-10-5-6-13-20(17)22/h5-7,9-10,12-13,15,19H,4,8,11,14H2,1-3H3/t19-/m0/s1. The average molecular weight is 387 g/mol. The molecule has 1 atom stereocenters. The minimum absolute atomic E-state index is 0.170. The molecule has 0 radical (unpaired) electrons. The molecule has 144 valence electrons. The van der Waals surface area contributed by atoms with Crippen LogP contribution in [0.3, 0.4) is 0 Å². The van der Waals surface area contributed by atoms with Gasteiger partial charge in [0.05, 0.1) is 11.9 Å². The molecule has 0 aliphatic carbocycles. The van der Waals surface area contributed by atoms with E-state index in [1.54, 1.807) is 17.0 Å². The number of carbonyl (C=O) groups excluding carboxylic acids is 1. The van der Waals surface area contributed by atoms with E-state index in [2.05, 4.69) is 0 Å². The van der Waals surface area contributed by atoms with Crippen LogP contribution in [0.4, 0.5) is 11.4 Å². The summed E-state index contributed by atoms with van der Waals surface area (Å²) in [7, 11) is -3.62. The van der Waals surface area contributed by atoms with E-state index in [0.29, 0.717) is 18.7 Å². The first kappa shape index (κ1) is 19.4. The van der Waals surface area contributed by atoms with Gasteiger partial charge in [-0.3, -0.25) is 9.10 Å². The number of para-hydroxylation sites is 1. The molecular formula is C21H26N2O3S. The number of sulfonamides is 1. The van der Waals surface area contributed by atoms with Gasteiger partial charge in [0.15, 0.2) is 0 Å². The minimum atomic E-state index is -3.62. The Morgan fingerprint density at radius 1 is 1.19 bits per heavy atom. The summed E-state index contributed by atoms with van der Waals surface area (Å²) in [5, 5.41) is 0. The minimum Gasteiger partial charge on any atom is -0.310 e. The lowest BCUT2D eigenvalue weighted by atomic mass is 10.0. The number of amides is 1. The van der Waals surface area contributed by atoms with Gasteiger partial charge in [-0.2, -0.15) is 0 Å². The summed E-state index contributed by atoms with van der Waals surface area (Å²) in [4.78, 5) is 15.2. The molecule has 1 amide bonds. The molecule has 0 unspecified atom stereocenters. The molecule has 0 bridgehead atoms. The number of aryl methyl sites for hydroxylation is 2. The quantitative estimate of drug-likeness (QED) is 0.790. The van der Waals surface area contributed by atoms with Crippen molar-refractivity contribution in [1.82, 2.24) is 0 Å². The van der Waals surface area contributed by atoms with Gasteiger partial charge in [-0.15, -0.1) is 0 Å². The molecule has 2 aromatic carbocycles. The molecule has 0 aromatic heterocycles. The number of carbonyl (C=O) groups is 1. The van der Waals surface area contributed by atoms with Crippen molar-refractivity contribution >= 4 is 27.3 Å². The molecule has 0 spiro atoms. The van der Waals surface area contributed by atoms with Gasteiger partial charge in [-0.1, -0.05) is 37.3 Å². The van der Waals surface area contributed by atoms with Crippen molar-refractivity contribution in [3.63, 3.8) is 0 Å². The van der Waals surface area contributed by atoms with Gasteiger partial charge in [-0.25, -0.2) is 8.42 Å². The maximum atomic E-state index is 13.5. The molecule has 2 aromatic rings. The molecule has 1 heterocycles. The topological polar surface area (TPSA) is 57.7 Å². The lowest BCUT2D eigenvalue weighted by Crippen LogP contribution is -2.52. The first-order chi connectivity index (χ1) is 12.8. The Hall–Kier alpha value is -2.34. The number of rotatable bonds is 5. The fourth-order valence-electron chi connectivity index (χ4n) is 3.75. The Morgan fingerprint density at radius 2 is 1.93 bits per heavy atom. The first-order valence-electron chi connectivity index (χ1n) is 9.28. The summed E-state index contributed by atoms with van der Waals surface area (Å²) in [6.45, 7) is 4.37. The molecule has 0 saturated heterocycles. The summed E-state index contributed by atoms with van der Waals surface area (Å²) in [6.07, 6.45) is 3.38. The molecule has 3 rings (SSSR count). The number of nitrogens with zero attached hydrogens (tertiary/aromatic N) is 2. The summed E-state index contributed by atoms with van der Waals surface area (Å²) < 4.78 is 26.5. The highest BCUT2D eigenvalue weighted by molar-refractivity contribution is 7.92. The van der Waals surface area contributed by atoms with Crippen LogP contribution in [-0.4, -0.2) is 33.2 Å². The first-order valence-corrected chi connectivity index (χ1v) is 11.1. The number of benzene rings is 2. The molecular weight excluding hydrogens is 360 g/mol. The van der Waals surface area contributed by atoms with Crippen molar-refractivity contribution in [2.45, 2.75) is 39.2 Å². The molecule has 0 saturated carbocycles. The van der Waals surface area contributed by atoms with E-state index in [9.17, 15) is 13.2 Å². The second-order valence-electron chi connectivity index (χ2n) is 7.04. The van der Waals surface area contributed by atoms with Gasteiger partial charge < -0.3 is 4.90 Å². The van der Waals surface area contributed by atoms with E-state index in [1.165, 1.54) is 4.31 Å². The van der Waals surface area contributed by atoms with Gasteiger partial charge in [0.25, 0.3) is 5.91 Å². The van der Waals surface area contributed by atoms with E-state index in [4.69, 9.17) is 0 Å². The van der Waals surface area contributed by atoms with Gasteiger partial charge in [-0.05, 0) is 55.5 Å². The van der Waals surface area contributed by atoms with Crippen LogP contribution in [0.25, 0.3) is 0 Å². The summed E-state index contributed by atoms with van der Waals surface area (Å²) in [6, 6.07) is 14.4. The van der Waals surface area contributed by atoms with E-state index >= 15 is 0 Å². The molecule has 5 nitrogen and oxygen atoms in total. The Balaban J connectivity index is 2.03. The van der Waals surface area contributed by atoms with Crippen molar-refractivity contribution in [2.75, 3.05) is 22.0 Å². The largest absolute Gasteiger partial charge is 0.310 e. The van der Waals surface area contributed by atoms with Crippen molar-refractivity contribution < 1.29 is 13.2 Å². The highest BCUT2D eigenvalue weighted by Gasteiger charge is 2.36. The Labute approximate surface area is 161 Å². The Morgan fingerprint density at radius 3 is 2.59 bits per heavy atom. The zero-order valence-electron chi connectivity index (χ0n) is 16.1. The summed E-state index contributed by atoms with van der Waals surface area (Å²) in [5.41, 5.74) is 3.51. The SMILES string of the molecule is CC[C@@H](C(=O)N1CCCc2ccccc21)N(c1cccc(C)c1)S(C)(=O)=O. The fraction of sp³-hybridized carbons (Fsp3) is 0.381. The van der Waals surface area contributed by atoms with Crippen LogP contribution >= 0.6 is 0 Å². The predicted octanol–water partition coefficient (Wildman–Crippen LogP) is 3.52. The normalized spacial score (nSPS) is 15.1. The highest BCUT2D eigenvalue weighted by Crippen LogP contribution is 2.30. The van der Waals surface area contributed by atoms with Crippen LogP contribution in [0.1, 0.15) is 30.9 Å². The second-order valence-corrected chi connectivity index (χ2v) is 8.90. The van der Waals surface area contributed by atoms with E-state index in [1.807, 2.05) is 50.2 Å². The monoisotopic (exact) mass is 386 g/mol. The zero-order chi connectivity index (χ0) is 19.6. The number of fused-ring (bicyclic) bond motifs is 1. The Kier molecular flexibility index (Phi) is 5.56. The van der Waals surface area contributed by atoms with Gasteiger partial charge in [0, 0.05) is 12.2 Å². The maximum absolute atomic E-state index is 13.5. The van der Waals surface area contributed by atoms with Crippen molar-refractivity contribution in [3.05, 3.63) is 59.7 Å². The third-order valence-electron chi connectivity index (χ3n) is 4.94. The number of anilines is 2. The third kappa shape index (κ3) is 4.00. The summed E-state index contributed by atoms with van der Waals surface area (Å²) >= 11 is 0. The second kappa shape index (κ2) is 7.72. The lowest BCUT2D eigenvalue weighted by Gasteiger charge is -2.36. The van der Waals surface area contributed by atoms with Crippen LogP contribution in [0.5, 0.6) is 0 Å². The highest BCUT2D eigenvalue weighted by atomic mass is 32.2. The van der Waals surface area contributed by atoms with E-state index < -0.39 is 16.1 Å². The molecule has 0 N–H and O–H groups in total. The smallest absolute Gasteiger partial charge is 0.250 e. The average Bonchev–Trinajstić information content (AvgIpc) is 2.64. The van der Waals surface area contributed by atoms with Gasteiger partial charge >= 0.3 is 0 Å². The van der Waals surface area contributed by atoms with Crippen molar-refractivity contribution in [3.8, 4) is 0 Å². The van der Waals surface area contributed by atoms with Crippen LogP contribution in [0, 0.1) is 6.92 Å². The van der Waals surface area contributed by atoms with Crippen LogP contribution in [0.15, 0.2) is 48.5 Å². The zero-order valence-corrected chi connectivity index (χ0v) is 16.9. The molecule has 1 aliphatic heterocycles.